The van der Waals surface area contributed by atoms with Crippen molar-refractivity contribution >= 4 is 37.1 Å². The molecule has 2 N–H and O–H groups in total. The van der Waals surface area contributed by atoms with Gasteiger partial charge in [-0.1, -0.05) is 24.3 Å². The van der Waals surface area contributed by atoms with Gasteiger partial charge in [-0.05, 0) is 43.2 Å². The number of carbonyl (C=O) groups is 1. The summed E-state index contributed by atoms with van der Waals surface area (Å²) in [4.78, 5) is 18.2. The van der Waals surface area contributed by atoms with Gasteiger partial charge in [-0.2, -0.15) is 0 Å². The second kappa shape index (κ2) is 8.83. The minimum atomic E-state index is -0.927. The van der Waals surface area contributed by atoms with Gasteiger partial charge in [0.2, 0.25) is 0 Å². The van der Waals surface area contributed by atoms with Crippen LogP contribution in [-0.4, -0.2) is 30.8 Å². The van der Waals surface area contributed by atoms with Crippen LogP contribution in [0.4, 0.5) is 11.4 Å². The fourth-order valence-electron chi connectivity index (χ4n) is 1.81. The van der Waals surface area contributed by atoms with Crippen molar-refractivity contribution in [1.29, 1.82) is 0 Å². The van der Waals surface area contributed by atoms with Gasteiger partial charge >= 0.3 is 40.5 Å². The molecule has 0 aliphatic carbocycles. The van der Waals surface area contributed by atoms with Gasteiger partial charge in [-0.25, -0.2) is 4.79 Å². The van der Waals surface area contributed by atoms with Crippen LogP contribution in [0.5, 0.6) is 0 Å². The van der Waals surface area contributed by atoms with E-state index in [-0.39, 0.29) is 5.56 Å². The van der Waals surface area contributed by atoms with Crippen LogP contribution in [0.2, 0.25) is 14.8 Å². The molecule has 0 saturated heterocycles. The first-order valence-corrected chi connectivity index (χ1v) is 15.8. The Balaban J connectivity index is 0.000000541. The molecular formula is C18H24NO2Sn. The zero-order valence-corrected chi connectivity index (χ0v) is 16.8. The van der Waals surface area contributed by atoms with Crippen LogP contribution < -0.4 is 5.32 Å². The van der Waals surface area contributed by atoms with Crippen LogP contribution in [0.1, 0.15) is 21.5 Å². The third kappa shape index (κ3) is 5.72. The van der Waals surface area contributed by atoms with Gasteiger partial charge in [0.1, 0.15) is 0 Å². The van der Waals surface area contributed by atoms with E-state index in [1.165, 1.54) is 5.56 Å². The third-order valence-electron chi connectivity index (χ3n) is 3.03. The monoisotopic (exact) mass is 406 g/mol. The topological polar surface area (TPSA) is 49.3 Å². The molecular weight excluding hydrogens is 381 g/mol. The fraction of sp³-hybridized carbons (Fsp3) is 0.278. The van der Waals surface area contributed by atoms with Crippen molar-refractivity contribution in [2.24, 2.45) is 0 Å². The molecule has 0 spiro atoms. The second-order valence-corrected chi connectivity index (χ2v) is 14.3. The molecule has 2 rings (SSSR count). The molecule has 0 heterocycles. The number of hydrogen-bond donors (Lipinski definition) is 2. The SMILES string of the molecule is Cc1cccc(Nc2ccccc2C(=O)O)c1C.[CH3][Sn]([CH3])[CH3]. The summed E-state index contributed by atoms with van der Waals surface area (Å²) in [5.74, 6) is -0.927. The zero-order valence-electron chi connectivity index (χ0n) is 13.9. The minimum absolute atomic E-state index is 0.276. The van der Waals surface area contributed by atoms with Crippen LogP contribution in [0.15, 0.2) is 42.5 Å². The second-order valence-electron chi connectivity index (χ2n) is 5.72. The van der Waals surface area contributed by atoms with Crippen molar-refractivity contribution in [3.8, 4) is 0 Å². The summed E-state index contributed by atoms with van der Waals surface area (Å²) >= 11 is -0.543. The summed E-state index contributed by atoms with van der Waals surface area (Å²) in [7, 11) is 0. The summed E-state index contributed by atoms with van der Waals surface area (Å²) in [6, 6.07) is 12.8. The molecule has 22 heavy (non-hydrogen) atoms. The average molecular weight is 405 g/mol. The molecule has 1 radical (unpaired) electrons. The van der Waals surface area contributed by atoms with E-state index in [1.807, 2.05) is 38.1 Å². The average Bonchev–Trinajstić information content (AvgIpc) is 2.43. The summed E-state index contributed by atoms with van der Waals surface area (Å²) in [5, 5.41) is 12.3. The Hall–Kier alpha value is -1.49. The molecule has 0 fully saturated rings. The van der Waals surface area contributed by atoms with Gasteiger partial charge in [0, 0.05) is 5.69 Å². The fourth-order valence-corrected chi connectivity index (χ4v) is 1.81. The molecule has 4 heteroatoms. The molecule has 0 amide bonds. The van der Waals surface area contributed by atoms with Crippen LogP contribution in [0, 0.1) is 13.8 Å². The third-order valence-corrected chi connectivity index (χ3v) is 3.03. The molecule has 0 atom stereocenters. The first kappa shape index (κ1) is 18.6. The number of nitrogens with one attached hydrogen (secondary N) is 1. The summed E-state index contributed by atoms with van der Waals surface area (Å²) in [6.45, 7) is 4.05. The van der Waals surface area contributed by atoms with Gasteiger partial charge in [0.25, 0.3) is 0 Å². The molecule has 0 bridgehead atoms. The number of aryl methyl sites for hydroxylation is 1. The van der Waals surface area contributed by atoms with E-state index in [0.717, 1.165) is 11.3 Å². The number of rotatable bonds is 3. The Bertz CT molecular complexity index is 636. The quantitative estimate of drug-likeness (QED) is 0.698. The predicted octanol–water partition coefficient (Wildman–Crippen LogP) is 5.12. The van der Waals surface area contributed by atoms with Crippen molar-refractivity contribution in [3.05, 3.63) is 59.2 Å². The van der Waals surface area contributed by atoms with Crippen molar-refractivity contribution in [2.45, 2.75) is 28.7 Å². The number of para-hydroxylation sites is 1. The predicted molar refractivity (Wildman–Crippen MR) is 95.9 cm³/mol. The summed E-state index contributed by atoms with van der Waals surface area (Å²) in [5.41, 5.74) is 4.12. The normalized spacial score (nSPS) is 9.91. The van der Waals surface area contributed by atoms with Gasteiger partial charge in [0.05, 0.1) is 11.3 Å². The first-order chi connectivity index (χ1) is 10.3. The van der Waals surface area contributed by atoms with Crippen LogP contribution >= 0.6 is 0 Å². The first-order valence-electron chi connectivity index (χ1n) is 7.25. The van der Waals surface area contributed by atoms with E-state index in [9.17, 15) is 4.79 Å². The number of benzene rings is 2. The van der Waals surface area contributed by atoms with E-state index in [4.69, 9.17) is 5.11 Å². The maximum atomic E-state index is 11.1. The number of carboxylic acids is 1. The summed E-state index contributed by atoms with van der Waals surface area (Å²) in [6.07, 6.45) is 0. The van der Waals surface area contributed by atoms with Gasteiger partial charge in [-0.15, -0.1) is 0 Å². The van der Waals surface area contributed by atoms with E-state index in [0.29, 0.717) is 5.69 Å². The summed E-state index contributed by atoms with van der Waals surface area (Å²) < 4.78 is 0. The molecule has 0 saturated carbocycles. The number of hydrogen-bond acceptors (Lipinski definition) is 2. The van der Waals surface area contributed by atoms with Crippen molar-refractivity contribution in [3.63, 3.8) is 0 Å². The van der Waals surface area contributed by atoms with E-state index in [2.05, 4.69) is 20.1 Å². The van der Waals surface area contributed by atoms with Crippen LogP contribution in [0.3, 0.4) is 0 Å². The molecule has 0 aromatic heterocycles. The van der Waals surface area contributed by atoms with Crippen molar-refractivity contribution in [2.75, 3.05) is 5.32 Å². The number of carboxylic acid groups (broad SMARTS) is 1. The molecule has 0 unspecified atom stereocenters. The molecule has 117 valence electrons. The maximum absolute atomic E-state index is 11.1. The van der Waals surface area contributed by atoms with Gasteiger partial charge < -0.3 is 10.4 Å². The standard InChI is InChI=1S/C15H15NO2.3CH3.Sn/c1-10-6-5-9-13(11(10)2)16-14-8-4-3-7-12(14)15(17)18;;;;/h3-9,16H,1-2H3,(H,17,18);3*1H3;. The van der Waals surface area contributed by atoms with E-state index in [1.54, 1.807) is 18.2 Å². The Morgan fingerprint density at radius 1 is 0.955 bits per heavy atom. The van der Waals surface area contributed by atoms with E-state index < -0.39 is 25.7 Å². The Labute approximate surface area is 140 Å². The molecule has 0 aliphatic rings. The number of aromatic carboxylic acids is 1. The Morgan fingerprint density at radius 2 is 1.50 bits per heavy atom. The van der Waals surface area contributed by atoms with E-state index >= 15 is 0 Å². The van der Waals surface area contributed by atoms with Crippen LogP contribution in [0.25, 0.3) is 0 Å². The molecule has 2 aromatic rings. The van der Waals surface area contributed by atoms with Gasteiger partial charge in [0.15, 0.2) is 0 Å². The Morgan fingerprint density at radius 3 is 2.09 bits per heavy atom. The molecule has 3 nitrogen and oxygen atoms in total. The van der Waals surface area contributed by atoms with Gasteiger partial charge in [-0.3, -0.25) is 0 Å². The zero-order chi connectivity index (χ0) is 16.7. The number of anilines is 2. The van der Waals surface area contributed by atoms with Crippen LogP contribution in [-0.2, 0) is 0 Å². The Kier molecular flexibility index (Phi) is 7.45. The van der Waals surface area contributed by atoms with Crippen molar-refractivity contribution < 1.29 is 9.90 Å². The molecule has 0 aliphatic heterocycles. The molecule has 2 aromatic carbocycles. The van der Waals surface area contributed by atoms with Crippen molar-refractivity contribution in [1.82, 2.24) is 0 Å².